The molecule has 2 heterocycles. The largest absolute Gasteiger partial charge is 0.489 e. The lowest BCUT2D eigenvalue weighted by Gasteiger charge is -2.22. The van der Waals surface area contributed by atoms with Crippen LogP contribution in [0.15, 0.2) is 64.9 Å². The van der Waals surface area contributed by atoms with Gasteiger partial charge in [0.1, 0.15) is 16.6 Å². The number of rotatable bonds is 9. The number of sulfonamides is 1. The first-order valence-electron chi connectivity index (χ1n) is 11.2. The number of ketones is 1. The molecule has 1 fully saturated rings. The Labute approximate surface area is 216 Å². The Morgan fingerprint density at radius 2 is 1.86 bits per heavy atom. The highest BCUT2D eigenvalue weighted by Crippen LogP contribution is 2.35. The molecular formula is C25H23ClF3NO4S2. The smallest absolute Gasteiger partial charge is 0.416 e. The predicted octanol–water partition coefficient (Wildman–Crippen LogP) is 6.35. The highest BCUT2D eigenvalue weighted by Gasteiger charge is 2.40. The van der Waals surface area contributed by atoms with E-state index >= 15 is 0 Å². The SMILES string of the molecule is O=C(CCc1ccc(COc2ccccc2)cc1C(F)(F)F)[C@@H]1CCCN1S(=O)(=O)c1ccc(Cl)s1. The highest BCUT2D eigenvalue weighted by molar-refractivity contribution is 7.91. The lowest BCUT2D eigenvalue weighted by Crippen LogP contribution is -2.40. The lowest BCUT2D eigenvalue weighted by atomic mass is 9.97. The molecule has 0 bridgehead atoms. The molecular weight excluding hydrogens is 535 g/mol. The molecule has 5 nitrogen and oxygen atoms in total. The van der Waals surface area contributed by atoms with Gasteiger partial charge in [-0.15, -0.1) is 11.3 Å². The number of nitrogens with zero attached hydrogens (tertiary/aromatic N) is 1. The van der Waals surface area contributed by atoms with Gasteiger partial charge in [0.15, 0.2) is 5.78 Å². The van der Waals surface area contributed by atoms with E-state index in [2.05, 4.69) is 0 Å². The van der Waals surface area contributed by atoms with Gasteiger partial charge in [0.05, 0.1) is 15.9 Å². The van der Waals surface area contributed by atoms with Gasteiger partial charge in [-0.1, -0.05) is 41.9 Å². The van der Waals surface area contributed by atoms with Gasteiger partial charge in [-0.05, 0) is 60.7 Å². The van der Waals surface area contributed by atoms with E-state index in [1.54, 1.807) is 30.3 Å². The molecule has 11 heteroatoms. The summed E-state index contributed by atoms with van der Waals surface area (Å²) in [5, 5.41) is 0. The van der Waals surface area contributed by atoms with Crippen LogP contribution < -0.4 is 4.74 Å². The standard InChI is InChI=1S/C25H23ClF3NO4S2/c26-23-12-13-24(35-23)36(32,33)30-14-4-7-21(30)22(31)11-10-18-9-8-17(15-20(18)25(27,28)29)16-34-19-5-2-1-3-6-19/h1-3,5-6,8-9,12-13,15,21H,4,7,10-11,14,16H2/t21-/m0/s1. The Hall–Kier alpha value is -2.40. The van der Waals surface area contributed by atoms with Crippen LogP contribution in [0.1, 0.15) is 36.0 Å². The monoisotopic (exact) mass is 557 g/mol. The Kier molecular flexibility index (Phi) is 8.09. The quantitative estimate of drug-likeness (QED) is 0.307. The molecule has 0 radical (unpaired) electrons. The van der Waals surface area contributed by atoms with Crippen molar-refractivity contribution in [2.24, 2.45) is 0 Å². The number of thiophene rings is 1. The van der Waals surface area contributed by atoms with Crippen LogP contribution in [0.5, 0.6) is 5.75 Å². The topological polar surface area (TPSA) is 63.7 Å². The van der Waals surface area contributed by atoms with Gasteiger partial charge in [-0.2, -0.15) is 17.5 Å². The first-order valence-corrected chi connectivity index (χ1v) is 13.9. The number of hydrogen-bond donors (Lipinski definition) is 0. The summed E-state index contributed by atoms with van der Waals surface area (Å²) < 4.78 is 74.4. The molecule has 3 aromatic rings. The van der Waals surface area contributed by atoms with E-state index in [-0.39, 0.29) is 35.8 Å². The minimum Gasteiger partial charge on any atom is -0.489 e. The number of halogens is 4. The third-order valence-corrected chi connectivity index (χ3v) is 9.56. The van der Waals surface area contributed by atoms with Crippen LogP contribution in [0.2, 0.25) is 4.34 Å². The number of alkyl halides is 3. The molecule has 1 aromatic heterocycles. The van der Waals surface area contributed by atoms with Crippen LogP contribution in [0, 0.1) is 0 Å². The maximum Gasteiger partial charge on any atom is 0.416 e. The van der Waals surface area contributed by atoms with Crippen LogP contribution in [-0.2, 0) is 34.0 Å². The number of benzene rings is 2. The van der Waals surface area contributed by atoms with E-state index in [0.29, 0.717) is 28.5 Å². The van der Waals surface area contributed by atoms with Gasteiger partial charge in [0, 0.05) is 13.0 Å². The molecule has 1 saturated heterocycles. The summed E-state index contributed by atoms with van der Waals surface area (Å²) in [6, 6.07) is 14.7. The summed E-state index contributed by atoms with van der Waals surface area (Å²) in [7, 11) is -3.91. The summed E-state index contributed by atoms with van der Waals surface area (Å²) >= 11 is 6.78. The molecule has 2 aromatic carbocycles. The van der Waals surface area contributed by atoms with Crippen molar-refractivity contribution in [3.63, 3.8) is 0 Å². The average Bonchev–Trinajstić information content (AvgIpc) is 3.52. The van der Waals surface area contributed by atoms with Crippen molar-refractivity contribution < 1.29 is 31.1 Å². The Morgan fingerprint density at radius 3 is 2.53 bits per heavy atom. The van der Waals surface area contributed by atoms with Gasteiger partial charge >= 0.3 is 6.18 Å². The van der Waals surface area contributed by atoms with E-state index < -0.39 is 33.6 Å². The second-order valence-corrected chi connectivity index (χ2v) is 12.2. The molecule has 0 amide bonds. The normalized spacial score (nSPS) is 16.8. The van der Waals surface area contributed by atoms with Crippen LogP contribution in [0.4, 0.5) is 13.2 Å². The number of aryl methyl sites for hydroxylation is 1. The zero-order valence-corrected chi connectivity index (χ0v) is 21.4. The summed E-state index contributed by atoms with van der Waals surface area (Å²) in [6.45, 7) is 0.145. The summed E-state index contributed by atoms with van der Waals surface area (Å²) in [4.78, 5) is 13.0. The third-order valence-electron chi connectivity index (χ3n) is 5.96. The molecule has 0 aliphatic carbocycles. The molecule has 0 spiro atoms. The van der Waals surface area contributed by atoms with E-state index in [1.165, 1.54) is 18.2 Å². The van der Waals surface area contributed by atoms with Crippen molar-refractivity contribution in [2.75, 3.05) is 6.54 Å². The second-order valence-electron chi connectivity index (χ2n) is 8.39. The third kappa shape index (κ3) is 6.11. The van der Waals surface area contributed by atoms with Crippen molar-refractivity contribution in [2.45, 2.75) is 48.7 Å². The van der Waals surface area contributed by atoms with Gasteiger partial charge in [0.2, 0.25) is 0 Å². The average molecular weight is 558 g/mol. The Balaban J connectivity index is 1.46. The van der Waals surface area contributed by atoms with Gasteiger partial charge in [-0.25, -0.2) is 8.42 Å². The van der Waals surface area contributed by atoms with Crippen LogP contribution in [0.3, 0.4) is 0 Å². The zero-order valence-electron chi connectivity index (χ0n) is 19.0. The molecule has 1 atom stereocenters. The van der Waals surface area contributed by atoms with E-state index in [4.69, 9.17) is 16.3 Å². The lowest BCUT2D eigenvalue weighted by molar-refractivity contribution is -0.138. The molecule has 1 aliphatic rings. The predicted molar refractivity (Wildman–Crippen MR) is 132 cm³/mol. The van der Waals surface area contributed by atoms with Gasteiger partial charge in [0.25, 0.3) is 10.0 Å². The highest BCUT2D eigenvalue weighted by atomic mass is 35.5. The number of carbonyl (C=O) groups excluding carboxylic acids is 1. The van der Waals surface area contributed by atoms with Crippen molar-refractivity contribution >= 4 is 38.7 Å². The molecule has 36 heavy (non-hydrogen) atoms. The molecule has 0 N–H and O–H groups in total. The van der Waals surface area contributed by atoms with Crippen molar-refractivity contribution in [3.8, 4) is 5.75 Å². The second kappa shape index (κ2) is 10.9. The van der Waals surface area contributed by atoms with Gasteiger partial charge in [-0.3, -0.25) is 4.79 Å². The fraction of sp³-hybridized carbons (Fsp3) is 0.320. The fourth-order valence-electron chi connectivity index (χ4n) is 4.20. The molecule has 4 rings (SSSR count). The minimum atomic E-state index is -4.61. The first-order chi connectivity index (χ1) is 17.1. The number of hydrogen-bond acceptors (Lipinski definition) is 5. The van der Waals surface area contributed by atoms with Crippen LogP contribution in [-0.4, -0.2) is 31.1 Å². The molecule has 0 saturated carbocycles. The van der Waals surface area contributed by atoms with Crippen LogP contribution >= 0.6 is 22.9 Å². The van der Waals surface area contributed by atoms with E-state index in [0.717, 1.165) is 21.7 Å². The van der Waals surface area contributed by atoms with Crippen molar-refractivity contribution in [1.82, 2.24) is 4.31 Å². The number of ether oxygens (including phenoxy) is 1. The minimum absolute atomic E-state index is 0.0169. The summed E-state index contributed by atoms with van der Waals surface area (Å²) in [5.41, 5.74) is -0.491. The molecule has 1 aliphatic heterocycles. The fourth-order valence-corrected chi connectivity index (χ4v) is 7.49. The maximum atomic E-state index is 13.8. The van der Waals surface area contributed by atoms with Crippen molar-refractivity contribution in [1.29, 1.82) is 0 Å². The number of carbonyl (C=O) groups is 1. The van der Waals surface area contributed by atoms with E-state index in [1.807, 2.05) is 6.07 Å². The Bertz CT molecular complexity index is 1330. The molecule has 0 unspecified atom stereocenters. The Morgan fingerprint density at radius 1 is 1.11 bits per heavy atom. The van der Waals surface area contributed by atoms with E-state index in [9.17, 15) is 26.4 Å². The molecule has 192 valence electrons. The van der Waals surface area contributed by atoms with Crippen LogP contribution in [0.25, 0.3) is 0 Å². The zero-order chi connectivity index (χ0) is 25.9. The van der Waals surface area contributed by atoms with Crippen molar-refractivity contribution in [3.05, 3.63) is 81.7 Å². The first kappa shape index (κ1) is 26.7. The maximum absolute atomic E-state index is 13.8. The summed E-state index contributed by atoms with van der Waals surface area (Å²) in [5.74, 6) is 0.143. The number of Topliss-reactive ketones (excluding diaryl/α,β-unsaturated/α-hetero) is 1. The number of para-hydroxylation sites is 1. The summed E-state index contributed by atoms with van der Waals surface area (Å²) in [6.07, 6.45) is -4.13. The van der Waals surface area contributed by atoms with Gasteiger partial charge < -0.3 is 4.74 Å².